The van der Waals surface area contributed by atoms with Gasteiger partial charge in [0.2, 0.25) is 0 Å². The van der Waals surface area contributed by atoms with Gasteiger partial charge in [-0.2, -0.15) is 0 Å². The van der Waals surface area contributed by atoms with E-state index in [1.807, 2.05) is 0 Å². The van der Waals surface area contributed by atoms with E-state index in [9.17, 15) is 9.18 Å². The van der Waals surface area contributed by atoms with Crippen molar-refractivity contribution in [3.8, 4) is 5.75 Å². The molecule has 2 aromatic rings. The standard InChI is InChI=1S/C13H5Cl4FO2/c14-8-5-9(15)12(11(17)10(8)16)20-13(19)6-2-1-3-7(18)4-6/h1-5H. The molecule has 2 nitrogen and oxygen atoms in total. The average molecular weight is 354 g/mol. The van der Waals surface area contributed by atoms with Crippen molar-refractivity contribution in [2.75, 3.05) is 0 Å². The molecular weight excluding hydrogens is 349 g/mol. The molecule has 0 aliphatic carbocycles. The van der Waals surface area contributed by atoms with E-state index >= 15 is 0 Å². The van der Waals surface area contributed by atoms with Crippen LogP contribution in [0.1, 0.15) is 10.4 Å². The van der Waals surface area contributed by atoms with Gasteiger partial charge in [0, 0.05) is 0 Å². The lowest BCUT2D eigenvalue weighted by Crippen LogP contribution is -2.09. The van der Waals surface area contributed by atoms with Gasteiger partial charge < -0.3 is 4.74 Å². The fourth-order valence-electron chi connectivity index (χ4n) is 1.41. The summed E-state index contributed by atoms with van der Waals surface area (Å²) in [5.74, 6) is -1.51. The van der Waals surface area contributed by atoms with Crippen molar-refractivity contribution in [1.29, 1.82) is 0 Å². The van der Waals surface area contributed by atoms with E-state index in [1.54, 1.807) is 0 Å². The summed E-state index contributed by atoms with van der Waals surface area (Å²) in [4.78, 5) is 11.9. The van der Waals surface area contributed by atoms with Crippen LogP contribution in [0.15, 0.2) is 30.3 Å². The highest BCUT2D eigenvalue weighted by atomic mass is 35.5. The molecule has 0 heterocycles. The third-order valence-electron chi connectivity index (χ3n) is 2.33. The Labute approximate surface area is 134 Å². The topological polar surface area (TPSA) is 26.3 Å². The first-order chi connectivity index (χ1) is 9.40. The van der Waals surface area contributed by atoms with Crippen LogP contribution in [0, 0.1) is 5.82 Å². The van der Waals surface area contributed by atoms with Crippen LogP contribution in [0.2, 0.25) is 20.1 Å². The molecule has 0 radical (unpaired) electrons. The van der Waals surface area contributed by atoms with Crippen LogP contribution >= 0.6 is 46.4 Å². The highest BCUT2D eigenvalue weighted by Gasteiger charge is 2.19. The summed E-state index contributed by atoms with van der Waals surface area (Å²) in [6.45, 7) is 0. The normalized spacial score (nSPS) is 10.4. The number of esters is 1. The third kappa shape index (κ3) is 3.18. The lowest BCUT2D eigenvalue weighted by atomic mass is 10.2. The van der Waals surface area contributed by atoms with Gasteiger partial charge in [-0.15, -0.1) is 0 Å². The fourth-order valence-corrected chi connectivity index (χ4v) is 2.39. The number of rotatable bonds is 2. The second-order valence-electron chi connectivity index (χ2n) is 3.70. The van der Waals surface area contributed by atoms with Gasteiger partial charge >= 0.3 is 5.97 Å². The van der Waals surface area contributed by atoms with Crippen LogP contribution in [0.3, 0.4) is 0 Å². The Hall–Kier alpha value is -1.00. The van der Waals surface area contributed by atoms with Crippen molar-refractivity contribution in [3.05, 3.63) is 61.8 Å². The molecule has 7 heteroatoms. The molecule has 0 fully saturated rings. The summed E-state index contributed by atoms with van der Waals surface area (Å²) >= 11 is 23.4. The van der Waals surface area contributed by atoms with Crippen LogP contribution in [-0.4, -0.2) is 5.97 Å². The molecule has 20 heavy (non-hydrogen) atoms. The quantitative estimate of drug-likeness (QED) is 0.301. The van der Waals surface area contributed by atoms with E-state index in [1.165, 1.54) is 24.3 Å². The molecule has 0 atom stereocenters. The van der Waals surface area contributed by atoms with E-state index in [0.717, 1.165) is 6.07 Å². The number of ether oxygens (including phenoxy) is 1. The van der Waals surface area contributed by atoms with Crippen LogP contribution < -0.4 is 4.74 Å². The second-order valence-corrected chi connectivity index (χ2v) is 5.27. The number of halogens is 5. The van der Waals surface area contributed by atoms with E-state index in [2.05, 4.69) is 0 Å². The first kappa shape index (κ1) is 15.4. The number of hydrogen-bond donors (Lipinski definition) is 0. The number of benzene rings is 2. The van der Waals surface area contributed by atoms with E-state index in [-0.39, 0.29) is 31.4 Å². The maximum Gasteiger partial charge on any atom is 0.343 e. The van der Waals surface area contributed by atoms with Gasteiger partial charge in [-0.05, 0) is 24.3 Å². The number of carbonyl (C=O) groups excluding carboxylic acids is 1. The minimum absolute atomic E-state index is 0.0137. The SMILES string of the molecule is O=C(Oc1c(Cl)cc(Cl)c(Cl)c1Cl)c1cccc(F)c1. The van der Waals surface area contributed by atoms with Crippen LogP contribution in [0.5, 0.6) is 5.75 Å². The molecule has 0 unspecified atom stereocenters. The zero-order chi connectivity index (χ0) is 14.9. The van der Waals surface area contributed by atoms with Crippen molar-refractivity contribution >= 4 is 52.4 Å². The van der Waals surface area contributed by atoms with Crippen LogP contribution in [0.25, 0.3) is 0 Å². The highest BCUT2D eigenvalue weighted by molar-refractivity contribution is 6.50. The Morgan fingerprint density at radius 2 is 1.70 bits per heavy atom. The summed E-state index contributed by atoms with van der Waals surface area (Å²) in [6.07, 6.45) is 0. The molecule has 0 N–H and O–H groups in total. The number of hydrogen-bond acceptors (Lipinski definition) is 2. The van der Waals surface area contributed by atoms with Gasteiger partial charge in [-0.25, -0.2) is 9.18 Å². The third-order valence-corrected chi connectivity index (χ3v) is 3.85. The Morgan fingerprint density at radius 1 is 1.00 bits per heavy atom. The molecule has 0 spiro atoms. The molecule has 0 amide bonds. The zero-order valence-corrected chi connectivity index (χ0v) is 12.6. The summed E-state index contributed by atoms with van der Waals surface area (Å²) in [5.41, 5.74) is 0.0169. The first-order valence-corrected chi connectivity index (χ1v) is 6.72. The van der Waals surface area contributed by atoms with Crippen molar-refractivity contribution in [2.24, 2.45) is 0 Å². The molecule has 0 aliphatic rings. The minimum Gasteiger partial charge on any atom is -0.420 e. The number of carbonyl (C=O) groups is 1. The lowest BCUT2D eigenvalue weighted by Gasteiger charge is -2.10. The molecule has 2 aromatic carbocycles. The summed E-state index contributed by atoms with van der Waals surface area (Å²) < 4.78 is 18.1. The molecule has 104 valence electrons. The van der Waals surface area contributed by atoms with E-state index in [4.69, 9.17) is 51.1 Å². The van der Waals surface area contributed by atoms with Gasteiger partial charge in [0.05, 0.1) is 20.6 Å². The van der Waals surface area contributed by atoms with Crippen molar-refractivity contribution in [1.82, 2.24) is 0 Å². The molecule has 0 saturated heterocycles. The summed E-state index contributed by atoms with van der Waals surface area (Å²) in [7, 11) is 0. The van der Waals surface area contributed by atoms with Gasteiger partial charge in [-0.3, -0.25) is 0 Å². The molecule has 2 rings (SSSR count). The lowest BCUT2D eigenvalue weighted by molar-refractivity contribution is 0.0734. The van der Waals surface area contributed by atoms with Crippen molar-refractivity contribution in [2.45, 2.75) is 0 Å². The summed E-state index contributed by atoms with van der Waals surface area (Å²) in [5, 5.41) is 0.0788. The Bertz CT molecular complexity index is 688. The maximum absolute atomic E-state index is 13.0. The average Bonchev–Trinajstić information content (AvgIpc) is 2.41. The van der Waals surface area contributed by atoms with Crippen molar-refractivity contribution in [3.63, 3.8) is 0 Å². The monoisotopic (exact) mass is 352 g/mol. The summed E-state index contributed by atoms with van der Waals surface area (Å²) in [6, 6.07) is 6.30. The molecule has 0 aromatic heterocycles. The van der Waals surface area contributed by atoms with Crippen LogP contribution in [0.4, 0.5) is 4.39 Å². The van der Waals surface area contributed by atoms with E-state index < -0.39 is 11.8 Å². The predicted molar refractivity (Wildman–Crippen MR) is 77.8 cm³/mol. The molecule has 0 bridgehead atoms. The predicted octanol–water partition coefficient (Wildman–Crippen LogP) is 5.66. The van der Waals surface area contributed by atoms with Crippen molar-refractivity contribution < 1.29 is 13.9 Å². The Kier molecular flexibility index (Phi) is 4.76. The van der Waals surface area contributed by atoms with Gasteiger partial charge in [0.25, 0.3) is 0 Å². The van der Waals surface area contributed by atoms with Gasteiger partial charge in [0.1, 0.15) is 10.8 Å². The minimum atomic E-state index is -0.813. The Morgan fingerprint density at radius 3 is 2.35 bits per heavy atom. The highest BCUT2D eigenvalue weighted by Crippen LogP contribution is 2.42. The first-order valence-electron chi connectivity index (χ1n) is 5.21. The van der Waals surface area contributed by atoms with Gasteiger partial charge in [-0.1, -0.05) is 52.5 Å². The largest absolute Gasteiger partial charge is 0.420 e. The second kappa shape index (κ2) is 6.19. The smallest absolute Gasteiger partial charge is 0.343 e. The Balaban J connectivity index is 2.36. The van der Waals surface area contributed by atoms with Gasteiger partial charge in [0.15, 0.2) is 5.75 Å². The fraction of sp³-hybridized carbons (Fsp3) is 0. The molecular formula is C13H5Cl4FO2. The van der Waals surface area contributed by atoms with Crippen LogP contribution in [-0.2, 0) is 0 Å². The maximum atomic E-state index is 13.0. The molecule has 0 aliphatic heterocycles. The molecule has 0 saturated carbocycles. The zero-order valence-electron chi connectivity index (χ0n) is 9.59. The van der Waals surface area contributed by atoms with E-state index in [0.29, 0.717) is 0 Å².